The highest BCUT2D eigenvalue weighted by atomic mass is 19.1. The molecule has 5 nitrogen and oxygen atoms in total. The van der Waals surface area contributed by atoms with Gasteiger partial charge in [0.05, 0.1) is 17.6 Å². The first-order valence-corrected chi connectivity index (χ1v) is 3.92. The Labute approximate surface area is 79.4 Å². The Bertz CT molecular complexity index is 368. The maximum Gasteiger partial charge on any atom is 0.296 e. The van der Waals surface area contributed by atoms with Gasteiger partial charge in [0.25, 0.3) is 5.69 Å². The lowest BCUT2D eigenvalue weighted by atomic mass is 10.2. The number of nitro groups is 1. The van der Waals surface area contributed by atoms with E-state index in [1.807, 2.05) is 0 Å². The first kappa shape index (κ1) is 10.2. The first-order valence-electron chi connectivity index (χ1n) is 3.92. The summed E-state index contributed by atoms with van der Waals surface area (Å²) in [7, 11) is 0. The summed E-state index contributed by atoms with van der Waals surface area (Å²) in [6.07, 6.45) is 0. The number of hydrogen-bond acceptors (Lipinski definition) is 4. The Morgan fingerprint density at radius 3 is 2.79 bits per heavy atom. The highest BCUT2D eigenvalue weighted by Crippen LogP contribution is 2.29. The molecule has 6 heteroatoms. The van der Waals surface area contributed by atoms with Gasteiger partial charge >= 0.3 is 0 Å². The quantitative estimate of drug-likeness (QED) is 0.457. The molecular formula is C8H9FN2O3. The van der Waals surface area contributed by atoms with Gasteiger partial charge in [-0.3, -0.25) is 10.1 Å². The molecule has 0 amide bonds. The third-order valence-corrected chi connectivity index (χ3v) is 1.58. The molecule has 0 bridgehead atoms. The minimum Gasteiger partial charge on any atom is -0.491 e. The molecular weight excluding hydrogens is 191 g/mol. The van der Waals surface area contributed by atoms with Crippen LogP contribution in [0.5, 0.6) is 5.75 Å². The van der Waals surface area contributed by atoms with Crippen LogP contribution in [0.25, 0.3) is 0 Å². The number of hydrogen-bond donors (Lipinski definition) is 1. The number of nitrogens with two attached hydrogens (primary N) is 1. The van der Waals surface area contributed by atoms with Crippen molar-refractivity contribution >= 4 is 11.4 Å². The fourth-order valence-electron chi connectivity index (χ4n) is 0.982. The van der Waals surface area contributed by atoms with Crippen LogP contribution in [-0.2, 0) is 0 Å². The van der Waals surface area contributed by atoms with Crippen molar-refractivity contribution in [3.8, 4) is 5.75 Å². The van der Waals surface area contributed by atoms with Crippen molar-refractivity contribution in [2.24, 2.45) is 0 Å². The molecule has 0 saturated heterocycles. The van der Waals surface area contributed by atoms with E-state index in [1.165, 1.54) is 0 Å². The Hall–Kier alpha value is -1.85. The molecule has 0 atom stereocenters. The zero-order valence-electron chi connectivity index (χ0n) is 7.49. The smallest absolute Gasteiger partial charge is 0.296 e. The lowest BCUT2D eigenvalue weighted by Gasteiger charge is -2.05. The number of nitro benzene ring substituents is 1. The van der Waals surface area contributed by atoms with Crippen LogP contribution >= 0.6 is 0 Å². The molecule has 0 aromatic heterocycles. The van der Waals surface area contributed by atoms with Crippen LogP contribution in [0.1, 0.15) is 6.92 Å². The fraction of sp³-hybridized carbons (Fsp3) is 0.250. The Kier molecular flexibility index (Phi) is 2.85. The van der Waals surface area contributed by atoms with Crippen LogP contribution in [0.15, 0.2) is 12.1 Å². The average molecular weight is 200 g/mol. The molecule has 0 fully saturated rings. The van der Waals surface area contributed by atoms with Crippen LogP contribution in [0.4, 0.5) is 15.8 Å². The van der Waals surface area contributed by atoms with Crippen LogP contribution in [0, 0.1) is 15.9 Å². The number of nitrogens with zero attached hydrogens (tertiary/aromatic N) is 1. The van der Waals surface area contributed by atoms with E-state index in [1.54, 1.807) is 6.92 Å². The molecule has 76 valence electrons. The van der Waals surface area contributed by atoms with E-state index < -0.39 is 10.7 Å². The van der Waals surface area contributed by atoms with Crippen molar-refractivity contribution in [2.45, 2.75) is 6.92 Å². The van der Waals surface area contributed by atoms with Gasteiger partial charge in [0.1, 0.15) is 5.69 Å². The van der Waals surface area contributed by atoms with Gasteiger partial charge in [-0.05, 0) is 6.92 Å². The molecule has 0 heterocycles. The average Bonchev–Trinajstić information content (AvgIpc) is 2.09. The summed E-state index contributed by atoms with van der Waals surface area (Å²) in [5.41, 5.74) is 4.69. The van der Waals surface area contributed by atoms with Gasteiger partial charge in [0.15, 0.2) is 11.6 Å². The van der Waals surface area contributed by atoms with Crippen LogP contribution in [0.3, 0.4) is 0 Å². The van der Waals surface area contributed by atoms with Gasteiger partial charge in [-0.15, -0.1) is 0 Å². The second kappa shape index (κ2) is 3.91. The van der Waals surface area contributed by atoms with E-state index in [0.717, 1.165) is 12.1 Å². The van der Waals surface area contributed by atoms with Gasteiger partial charge in [-0.1, -0.05) is 0 Å². The standard InChI is InChI=1S/C8H9FN2O3/c1-2-14-8-4-7(11(12)13)6(10)3-5(8)9/h3-4H,2,10H2,1H3. The lowest BCUT2D eigenvalue weighted by molar-refractivity contribution is -0.384. The zero-order chi connectivity index (χ0) is 10.7. The molecule has 2 N–H and O–H groups in total. The van der Waals surface area contributed by atoms with Gasteiger partial charge in [-0.2, -0.15) is 0 Å². The molecule has 0 unspecified atom stereocenters. The molecule has 1 aromatic rings. The molecule has 0 spiro atoms. The summed E-state index contributed by atoms with van der Waals surface area (Å²) in [4.78, 5) is 9.75. The van der Waals surface area contributed by atoms with E-state index in [9.17, 15) is 14.5 Å². The van der Waals surface area contributed by atoms with Gasteiger partial charge < -0.3 is 10.5 Å². The molecule has 0 aliphatic carbocycles. The number of rotatable bonds is 3. The topological polar surface area (TPSA) is 78.4 Å². The van der Waals surface area contributed by atoms with E-state index >= 15 is 0 Å². The van der Waals surface area contributed by atoms with E-state index in [-0.39, 0.29) is 23.7 Å². The highest BCUT2D eigenvalue weighted by molar-refractivity contribution is 5.61. The maximum absolute atomic E-state index is 13.1. The highest BCUT2D eigenvalue weighted by Gasteiger charge is 2.16. The number of anilines is 1. The zero-order valence-corrected chi connectivity index (χ0v) is 7.49. The van der Waals surface area contributed by atoms with E-state index in [2.05, 4.69) is 0 Å². The van der Waals surface area contributed by atoms with Crippen LogP contribution < -0.4 is 10.5 Å². The van der Waals surface area contributed by atoms with Crippen LogP contribution in [-0.4, -0.2) is 11.5 Å². The van der Waals surface area contributed by atoms with Crippen LogP contribution in [0.2, 0.25) is 0 Å². The number of benzene rings is 1. The monoisotopic (exact) mass is 200 g/mol. The summed E-state index contributed by atoms with van der Waals surface area (Å²) >= 11 is 0. The second-order valence-corrected chi connectivity index (χ2v) is 2.53. The Morgan fingerprint density at radius 1 is 1.64 bits per heavy atom. The molecule has 0 radical (unpaired) electrons. The summed E-state index contributed by atoms with van der Waals surface area (Å²) < 4.78 is 17.9. The van der Waals surface area contributed by atoms with Crippen molar-refractivity contribution in [2.75, 3.05) is 12.3 Å². The minimum atomic E-state index is -0.699. The van der Waals surface area contributed by atoms with Gasteiger partial charge in [-0.25, -0.2) is 4.39 Å². The second-order valence-electron chi connectivity index (χ2n) is 2.53. The normalized spacial score (nSPS) is 9.86. The van der Waals surface area contributed by atoms with Crippen molar-refractivity contribution in [3.05, 3.63) is 28.1 Å². The summed E-state index contributed by atoms with van der Waals surface area (Å²) in [6, 6.07) is 1.86. The number of nitrogen functional groups attached to an aromatic ring is 1. The summed E-state index contributed by atoms with van der Waals surface area (Å²) in [5.74, 6) is -0.858. The summed E-state index contributed by atoms with van der Waals surface area (Å²) in [5, 5.41) is 10.4. The van der Waals surface area contributed by atoms with Crippen molar-refractivity contribution in [3.63, 3.8) is 0 Å². The van der Waals surface area contributed by atoms with Crippen molar-refractivity contribution < 1.29 is 14.1 Å². The van der Waals surface area contributed by atoms with E-state index in [0.29, 0.717) is 0 Å². The lowest BCUT2D eigenvalue weighted by Crippen LogP contribution is -2.00. The SMILES string of the molecule is CCOc1cc([N+](=O)[O-])c(N)cc1F. The predicted octanol–water partition coefficient (Wildman–Crippen LogP) is 1.71. The molecule has 0 aliphatic heterocycles. The Morgan fingerprint density at radius 2 is 2.29 bits per heavy atom. The molecule has 1 rings (SSSR count). The predicted molar refractivity (Wildman–Crippen MR) is 48.6 cm³/mol. The molecule has 1 aromatic carbocycles. The summed E-state index contributed by atoms with van der Waals surface area (Å²) in [6.45, 7) is 1.89. The molecule has 14 heavy (non-hydrogen) atoms. The maximum atomic E-state index is 13.1. The van der Waals surface area contributed by atoms with Gasteiger partial charge in [0.2, 0.25) is 0 Å². The largest absolute Gasteiger partial charge is 0.491 e. The third kappa shape index (κ3) is 1.90. The molecule has 0 saturated carbocycles. The fourth-order valence-corrected chi connectivity index (χ4v) is 0.982. The third-order valence-electron chi connectivity index (χ3n) is 1.58. The minimum absolute atomic E-state index is 0.159. The Balaban J connectivity index is 3.20. The van der Waals surface area contributed by atoms with Crippen molar-refractivity contribution in [1.82, 2.24) is 0 Å². The first-order chi connectivity index (χ1) is 6.56. The van der Waals surface area contributed by atoms with Crippen molar-refractivity contribution in [1.29, 1.82) is 0 Å². The number of ether oxygens (including phenoxy) is 1. The number of halogens is 1. The van der Waals surface area contributed by atoms with Gasteiger partial charge in [0, 0.05) is 6.07 Å². The molecule has 0 aliphatic rings. The van der Waals surface area contributed by atoms with E-state index in [4.69, 9.17) is 10.5 Å².